The number of carbonyl (C=O) groups is 2. The Bertz CT molecular complexity index is 651. The van der Waals surface area contributed by atoms with E-state index in [0.29, 0.717) is 17.4 Å². The van der Waals surface area contributed by atoms with Crippen molar-refractivity contribution in [3.63, 3.8) is 0 Å². The molecule has 1 aromatic rings. The molecule has 0 saturated carbocycles. The number of hydrogen-bond acceptors (Lipinski definition) is 4. The van der Waals surface area contributed by atoms with Gasteiger partial charge in [0.25, 0.3) is 0 Å². The highest BCUT2D eigenvalue weighted by atomic mass is 35.5. The van der Waals surface area contributed by atoms with E-state index in [0.717, 1.165) is 6.07 Å². The van der Waals surface area contributed by atoms with Crippen LogP contribution in [0.25, 0.3) is 0 Å². The monoisotopic (exact) mass is 341 g/mol. The largest absolute Gasteiger partial charge is 0.326 e. The van der Waals surface area contributed by atoms with Gasteiger partial charge < -0.3 is 10.6 Å². The first-order valence-corrected chi connectivity index (χ1v) is 7.63. The number of nitrogens with zero attached hydrogens (tertiary/aromatic N) is 1. The molecule has 1 aromatic carbocycles. The van der Waals surface area contributed by atoms with E-state index in [2.05, 4.69) is 22.2 Å². The fourth-order valence-electron chi connectivity index (χ4n) is 1.72. The third kappa shape index (κ3) is 4.32. The van der Waals surface area contributed by atoms with Gasteiger partial charge in [-0.3, -0.25) is 14.6 Å². The van der Waals surface area contributed by atoms with Crippen LogP contribution in [0.5, 0.6) is 0 Å². The summed E-state index contributed by atoms with van der Waals surface area (Å²) in [5.74, 6) is -1.19. The number of aliphatic imine (C=N–C) groups is 1. The van der Waals surface area contributed by atoms with E-state index in [1.807, 2.05) is 0 Å². The summed E-state index contributed by atoms with van der Waals surface area (Å²) in [4.78, 5) is 27.8. The molecule has 22 heavy (non-hydrogen) atoms. The van der Waals surface area contributed by atoms with Crippen LogP contribution in [0.2, 0.25) is 5.02 Å². The highest BCUT2D eigenvalue weighted by Gasteiger charge is 2.31. The first-order valence-electron chi connectivity index (χ1n) is 6.37. The van der Waals surface area contributed by atoms with Crippen LogP contribution in [0.3, 0.4) is 0 Å². The third-order valence-corrected chi connectivity index (χ3v) is 4.12. The van der Waals surface area contributed by atoms with E-state index >= 15 is 0 Å². The number of amidine groups is 1. The minimum Gasteiger partial charge on any atom is -0.326 e. The summed E-state index contributed by atoms with van der Waals surface area (Å²) >= 11 is 6.84. The minimum atomic E-state index is -0.562. The second-order valence-corrected chi connectivity index (χ2v) is 6.01. The Labute approximate surface area is 136 Å². The molecule has 0 aliphatic carbocycles. The lowest BCUT2D eigenvalue weighted by Crippen LogP contribution is -2.28. The predicted molar refractivity (Wildman–Crippen MR) is 86.7 cm³/mol. The molecule has 2 amide bonds. The molecule has 1 aliphatic heterocycles. The third-order valence-electron chi connectivity index (χ3n) is 2.71. The topological polar surface area (TPSA) is 70.6 Å². The number of amides is 2. The van der Waals surface area contributed by atoms with Gasteiger partial charge in [-0.2, -0.15) is 0 Å². The Hall–Kier alpha value is -1.86. The predicted octanol–water partition coefficient (Wildman–Crippen LogP) is 2.58. The number of anilines is 1. The maximum absolute atomic E-state index is 13.0. The van der Waals surface area contributed by atoms with Crippen molar-refractivity contribution in [3.8, 4) is 0 Å². The quantitative estimate of drug-likeness (QED) is 0.809. The fourth-order valence-corrected chi connectivity index (χ4v) is 2.88. The van der Waals surface area contributed by atoms with E-state index in [1.54, 1.807) is 6.08 Å². The number of carbonyl (C=O) groups excluding carboxylic acids is 2. The number of thioether (sulfide) groups is 1. The molecule has 1 heterocycles. The lowest BCUT2D eigenvalue weighted by Gasteiger charge is -2.08. The number of benzene rings is 1. The van der Waals surface area contributed by atoms with Crippen LogP contribution in [0.4, 0.5) is 10.1 Å². The molecule has 1 unspecified atom stereocenters. The lowest BCUT2D eigenvalue weighted by molar-refractivity contribution is -0.122. The zero-order valence-corrected chi connectivity index (χ0v) is 13.0. The molecule has 0 radical (unpaired) electrons. The smallest absolute Gasteiger partial charge is 0.240 e. The highest BCUT2D eigenvalue weighted by Crippen LogP contribution is 2.24. The van der Waals surface area contributed by atoms with Crippen molar-refractivity contribution in [3.05, 3.63) is 41.7 Å². The van der Waals surface area contributed by atoms with Crippen LogP contribution in [0, 0.1) is 5.82 Å². The van der Waals surface area contributed by atoms with Gasteiger partial charge in [-0.05, 0) is 18.2 Å². The molecule has 0 bridgehead atoms. The van der Waals surface area contributed by atoms with Gasteiger partial charge >= 0.3 is 0 Å². The SMILES string of the molecule is C=CCN=C1NC(=O)C(CC(=O)Nc2ccc(F)c(Cl)c2)S1. The number of hydrogen-bond donors (Lipinski definition) is 2. The average molecular weight is 342 g/mol. The van der Waals surface area contributed by atoms with Crippen LogP contribution in [-0.4, -0.2) is 28.8 Å². The van der Waals surface area contributed by atoms with Crippen LogP contribution in [0.1, 0.15) is 6.42 Å². The van der Waals surface area contributed by atoms with Crippen molar-refractivity contribution in [2.75, 3.05) is 11.9 Å². The van der Waals surface area contributed by atoms with Crippen molar-refractivity contribution >= 4 is 46.0 Å². The normalized spacial score (nSPS) is 19.1. The van der Waals surface area contributed by atoms with Gasteiger partial charge in [0, 0.05) is 12.1 Å². The van der Waals surface area contributed by atoms with Crippen molar-refractivity contribution in [2.24, 2.45) is 4.99 Å². The minimum absolute atomic E-state index is 0.0153. The zero-order chi connectivity index (χ0) is 16.1. The molecule has 0 aromatic heterocycles. The second-order valence-electron chi connectivity index (χ2n) is 4.41. The molecule has 5 nitrogen and oxygen atoms in total. The molecule has 116 valence electrons. The number of halogens is 2. The summed E-state index contributed by atoms with van der Waals surface area (Å²) in [7, 11) is 0. The Morgan fingerprint density at radius 1 is 1.59 bits per heavy atom. The van der Waals surface area contributed by atoms with Crippen LogP contribution in [-0.2, 0) is 9.59 Å². The molecule has 1 atom stereocenters. The van der Waals surface area contributed by atoms with Crippen molar-refractivity contribution in [1.82, 2.24) is 5.32 Å². The molecular weight excluding hydrogens is 329 g/mol. The lowest BCUT2D eigenvalue weighted by atomic mass is 10.2. The highest BCUT2D eigenvalue weighted by molar-refractivity contribution is 8.15. The second kappa shape index (κ2) is 7.42. The van der Waals surface area contributed by atoms with Gasteiger partial charge in [0.15, 0.2) is 5.17 Å². The molecule has 0 spiro atoms. The summed E-state index contributed by atoms with van der Waals surface area (Å²) in [5.41, 5.74) is 0.375. The summed E-state index contributed by atoms with van der Waals surface area (Å²) < 4.78 is 13.0. The Balaban J connectivity index is 1.93. The zero-order valence-electron chi connectivity index (χ0n) is 11.4. The van der Waals surface area contributed by atoms with E-state index in [4.69, 9.17) is 11.6 Å². The van der Waals surface area contributed by atoms with E-state index in [1.165, 1.54) is 23.9 Å². The van der Waals surface area contributed by atoms with Crippen molar-refractivity contribution in [2.45, 2.75) is 11.7 Å². The van der Waals surface area contributed by atoms with Crippen molar-refractivity contribution in [1.29, 1.82) is 0 Å². The Morgan fingerprint density at radius 3 is 3.05 bits per heavy atom. The van der Waals surface area contributed by atoms with Gasteiger partial charge in [0.05, 0.1) is 11.6 Å². The van der Waals surface area contributed by atoms with Crippen LogP contribution < -0.4 is 10.6 Å². The molecule has 2 rings (SSSR count). The van der Waals surface area contributed by atoms with Gasteiger partial charge in [-0.1, -0.05) is 29.4 Å². The number of rotatable bonds is 5. The summed E-state index contributed by atoms with van der Waals surface area (Å²) in [6.45, 7) is 3.94. The first kappa shape index (κ1) is 16.5. The molecule has 2 N–H and O–H groups in total. The van der Waals surface area contributed by atoms with E-state index < -0.39 is 11.1 Å². The Kier molecular flexibility index (Phi) is 5.57. The fraction of sp³-hybridized carbons (Fsp3) is 0.214. The first-order chi connectivity index (χ1) is 10.5. The maximum Gasteiger partial charge on any atom is 0.240 e. The molecular formula is C14H13ClFN3O2S. The van der Waals surface area contributed by atoms with Gasteiger partial charge in [0.2, 0.25) is 11.8 Å². The van der Waals surface area contributed by atoms with Crippen LogP contribution in [0.15, 0.2) is 35.8 Å². The Morgan fingerprint density at radius 2 is 2.36 bits per heavy atom. The molecule has 1 fully saturated rings. The van der Waals surface area contributed by atoms with Gasteiger partial charge in [-0.25, -0.2) is 4.39 Å². The van der Waals surface area contributed by atoms with Gasteiger partial charge in [-0.15, -0.1) is 6.58 Å². The van der Waals surface area contributed by atoms with Gasteiger partial charge in [0.1, 0.15) is 11.1 Å². The summed E-state index contributed by atoms with van der Waals surface area (Å²) in [6, 6.07) is 3.88. The van der Waals surface area contributed by atoms with E-state index in [-0.39, 0.29) is 23.3 Å². The summed E-state index contributed by atoms with van der Waals surface area (Å²) in [6.07, 6.45) is 1.59. The molecule has 1 saturated heterocycles. The molecule has 1 aliphatic rings. The van der Waals surface area contributed by atoms with E-state index in [9.17, 15) is 14.0 Å². The van der Waals surface area contributed by atoms with Crippen molar-refractivity contribution < 1.29 is 14.0 Å². The van der Waals surface area contributed by atoms with Crippen LogP contribution >= 0.6 is 23.4 Å². The summed E-state index contributed by atoms with van der Waals surface area (Å²) in [5, 5.41) is 5.03. The average Bonchev–Trinajstić information content (AvgIpc) is 2.81. The standard InChI is InChI=1S/C14H13ClFN3O2S/c1-2-5-17-14-19-13(21)11(22-14)7-12(20)18-8-3-4-10(16)9(15)6-8/h2-4,6,11H,1,5,7H2,(H,18,20)(H,17,19,21). The molecule has 8 heteroatoms. The maximum atomic E-state index is 13.0. The number of nitrogens with one attached hydrogen (secondary N) is 2.